The fourth-order valence-corrected chi connectivity index (χ4v) is 3.21. The van der Waals surface area contributed by atoms with E-state index in [1.54, 1.807) is 7.05 Å². The standard InChI is InChI=1S/C14H20N4O2S/c1-5-13-15-8-14(17-13)21(19,20)18(4)9-12-7-10(2)6-11(3)16-12/h6-8H,5,9H2,1-4H3,(H,15,17). The van der Waals surface area contributed by atoms with Gasteiger partial charge in [-0.05, 0) is 31.5 Å². The first-order valence-corrected chi connectivity index (χ1v) is 8.21. The molecule has 0 aliphatic carbocycles. The Morgan fingerprint density at radius 3 is 2.57 bits per heavy atom. The van der Waals surface area contributed by atoms with Crippen LogP contribution < -0.4 is 0 Å². The second kappa shape index (κ2) is 5.95. The molecule has 0 aliphatic heterocycles. The Kier molecular flexibility index (Phi) is 4.43. The number of sulfonamides is 1. The number of aromatic amines is 1. The molecule has 0 aromatic carbocycles. The summed E-state index contributed by atoms with van der Waals surface area (Å²) >= 11 is 0. The van der Waals surface area contributed by atoms with Gasteiger partial charge in [-0.25, -0.2) is 13.4 Å². The van der Waals surface area contributed by atoms with E-state index in [1.807, 2.05) is 32.9 Å². The highest BCUT2D eigenvalue weighted by atomic mass is 32.2. The highest BCUT2D eigenvalue weighted by Crippen LogP contribution is 2.15. The van der Waals surface area contributed by atoms with Crippen molar-refractivity contribution in [3.63, 3.8) is 0 Å². The van der Waals surface area contributed by atoms with Crippen LogP contribution in [0.1, 0.15) is 29.7 Å². The molecule has 1 N–H and O–H groups in total. The normalized spacial score (nSPS) is 12.0. The second-order valence-electron chi connectivity index (χ2n) is 5.09. The number of rotatable bonds is 5. The van der Waals surface area contributed by atoms with Crippen LogP contribution in [0.25, 0.3) is 0 Å². The summed E-state index contributed by atoms with van der Waals surface area (Å²) < 4.78 is 26.2. The number of imidazole rings is 1. The minimum atomic E-state index is -3.58. The number of nitrogens with one attached hydrogen (secondary N) is 1. The summed E-state index contributed by atoms with van der Waals surface area (Å²) in [6, 6.07) is 3.85. The molecule has 0 fully saturated rings. The maximum atomic E-state index is 12.5. The lowest BCUT2D eigenvalue weighted by atomic mass is 10.2. The topological polar surface area (TPSA) is 79.0 Å². The Bertz CT molecular complexity index is 717. The lowest BCUT2D eigenvalue weighted by molar-refractivity contribution is 0.459. The van der Waals surface area contributed by atoms with E-state index in [0.29, 0.717) is 12.2 Å². The highest BCUT2D eigenvalue weighted by Gasteiger charge is 2.23. The average molecular weight is 308 g/mol. The monoisotopic (exact) mass is 308 g/mol. The first-order chi connectivity index (χ1) is 9.82. The van der Waals surface area contributed by atoms with Crippen LogP contribution in [-0.2, 0) is 23.0 Å². The zero-order valence-corrected chi connectivity index (χ0v) is 13.5. The molecule has 2 aromatic rings. The van der Waals surface area contributed by atoms with Gasteiger partial charge in [-0.15, -0.1) is 0 Å². The summed E-state index contributed by atoms with van der Waals surface area (Å²) in [5, 5.41) is 0.117. The van der Waals surface area contributed by atoms with Crippen LogP contribution >= 0.6 is 0 Å². The molecule has 7 heteroatoms. The van der Waals surface area contributed by atoms with Gasteiger partial charge in [-0.2, -0.15) is 4.31 Å². The van der Waals surface area contributed by atoms with Gasteiger partial charge in [0.15, 0.2) is 5.03 Å². The second-order valence-corrected chi connectivity index (χ2v) is 7.10. The molecule has 0 atom stereocenters. The molecule has 0 unspecified atom stereocenters. The number of aryl methyl sites for hydroxylation is 3. The zero-order chi connectivity index (χ0) is 15.6. The van der Waals surface area contributed by atoms with Crippen molar-refractivity contribution in [3.05, 3.63) is 41.1 Å². The van der Waals surface area contributed by atoms with E-state index in [1.165, 1.54) is 10.5 Å². The summed E-state index contributed by atoms with van der Waals surface area (Å²) in [5.41, 5.74) is 2.68. The van der Waals surface area contributed by atoms with Gasteiger partial charge in [0.1, 0.15) is 5.82 Å². The Balaban J connectivity index is 2.24. The predicted molar refractivity (Wildman–Crippen MR) is 80.3 cm³/mol. The summed E-state index contributed by atoms with van der Waals surface area (Å²) in [7, 11) is -2.03. The molecule has 2 rings (SSSR count). The first kappa shape index (κ1) is 15.7. The fraction of sp³-hybridized carbons (Fsp3) is 0.429. The largest absolute Gasteiger partial charge is 0.332 e. The van der Waals surface area contributed by atoms with Gasteiger partial charge < -0.3 is 4.98 Å². The minimum Gasteiger partial charge on any atom is -0.332 e. The first-order valence-electron chi connectivity index (χ1n) is 6.77. The maximum Gasteiger partial charge on any atom is 0.260 e. The van der Waals surface area contributed by atoms with E-state index in [9.17, 15) is 8.42 Å². The Morgan fingerprint density at radius 1 is 1.29 bits per heavy atom. The van der Waals surface area contributed by atoms with E-state index in [2.05, 4.69) is 15.0 Å². The third-order valence-corrected chi connectivity index (χ3v) is 4.88. The average Bonchev–Trinajstić information content (AvgIpc) is 2.86. The van der Waals surface area contributed by atoms with Crippen LogP contribution in [0, 0.1) is 13.8 Å². The molecule has 0 saturated carbocycles. The van der Waals surface area contributed by atoms with Crippen LogP contribution in [0.3, 0.4) is 0 Å². The number of hydrogen-bond donors (Lipinski definition) is 1. The van der Waals surface area contributed by atoms with E-state index in [-0.39, 0.29) is 11.6 Å². The van der Waals surface area contributed by atoms with Gasteiger partial charge in [-0.3, -0.25) is 4.98 Å². The number of nitrogens with zero attached hydrogens (tertiary/aromatic N) is 3. The minimum absolute atomic E-state index is 0.117. The molecule has 114 valence electrons. The van der Waals surface area contributed by atoms with Crippen molar-refractivity contribution in [2.75, 3.05) is 7.05 Å². The summed E-state index contributed by atoms with van der Waals surface area (Å²) in [6.07, 6.45) is 2.03. The van der Waals surface area contributed by atoms with E-state index >= 15 is 0 Å². The van der Waals surface area contributed by atoms with Crippen molar-refractivity contribution in [3.8, 4) is 0 Å². The fourth-order valence-electron chi connectivity index (χ4n) is 2.14. The van der Waals surface area contributed by atoms with E-state index in [4.69, 9.17) is 0 Å². The Labute approximate surface area is 125 Å². The van der Waals surface area contributed by atoms with Gasteiger partial charge in [-0.1, -0.05) is 6.92 Å². The van der Waals surface area contributed by atoms with Crippen molar-refractivity contribution in [2.24, 2.45) is 0 Å². The molecule has 0 aliphatic rings. The molecule has 0 bridgehead atoms. The van der Waals surface area contributed by atoms with Crippen LogP contribution in [0.15, 0.2) is 23.4 Å². The van der Waals surface area contributed by atoms with Crippen molar-refractivity contribution in [1.82, 2.24) is 19.3 Å². The third-order valence-electron chi connectivity index (χ3n) is 3.16. The molecule has 2 heterocycles. The Hall–Kier alpha value is -1.73. The smallest absolute Gasteiger partial charge is 0.260 e. The van der Waals surface area contributed by atoms with Crippen molar-refractivity contribution in [2.45, 2.75) is 38.8 Å². The molecule has 0 saturated heterocycles. The molecule has 0 radical (unpaired) electrons. The van der Waals surface area contributed by atoms with Crippen LogP contribution in [0.4, 0.5) is 0 Å². The summed E-state index contributed by atoms with van der Waals surface area (Å²) in [4.78, 5) is 11.2. The number of aromatic nitrogens is 3. The number of hydrogen-bond acceptors (Lipinski definition) is 4. The maximum absolute atomic E-state index is 12.5. The number of pyridine rings is 1. The molecule has 2 aromatic heterocycles. The molecular weight excluding hydrogens is 288 g/mol. The van der Waals surface area contributed by atoms with Gasteiger partial charge in [0.2, 0.25) is 0 Å². The Morgan fingerprint density at radius 2 is 2.00 bits per heavy atom. The van der Waals surface area contributed by atoms with Gasteiger partial charge in [0.25, 0.3) is 10.0 Å². The van der Waals surface area contributed by atoms with Crippen LogP contribution in [0.5, 0.6) is 0 Å². The van der Waals surface area contributed by atoms with E-state index < -0.39 is 10.0 Å². The van der Waals surface area contributed by atoms with Crippen LogP contribution in [0.2, 0.25) is 0 Å². The summed E-state index contributed by atoms with van der Waals surface area (Å²) in [6.45, 7) is 6.01. The van der Waals surface area contributed by atoms with Gasteiger partial charge >= 0.3 is 0 Å². The molecule has 0 amide bonds. The molecule has 0 spiro atoms. The van der Waals surface area contributed by atoms with Gasteiger partial charge in [0, 0.05) is 19.2 Å². The predicted octanol–water partition coefficient (Wildman–Crippen LogP) is 1.80. The van der Waals surface area contributed by atoms with Crippen LogP contribution in [-0.4, -0.2) is 34.7 Å². The molecule has 21 heavy (non-hydrogen) atoms. The van der Waals surface area contributed by atoms with Crippen molar-refractivity contribution in [1.29, 1.82) is 0 Å². The zero-order valence-electron chi connectivity index (χ0n) is 12.7. The van der Waals surface area contributed by atoms with E-state index in [0.717, 1.165) is 17.0 Å². The van der Waals surface area contributed by atoms with Crippen molar-refractivity contribution < 1.29 is 8.42 Å². The summed E-state index contributed by atoms with van der Waals surface area (Å²) in [5.74, 6) is 0.659. The quantitative estimate of drug-likeness (QED) is 0.913. The SMILES string of the molecule is CCc1ncc(S(=O)(=O)N(C)Cc2cc(C)cc(C)n2)[nH]1. The lowest BCUT2D eigenvalue weighted by Crippen LogP contribution is -2.27. The lowest BCUT2D eigenvalue weighted by Gasteiger charge is -2.16. The van der Waals surface area contributed by atoms with Gasteiger partial charge in [0.05, 0.1) is 18.4 Å². The number of H-pyrrole nitrogens is 1. The third kappa shape index (κ3) is 3.48. The molecular formula is C14H20N4O2S. The van der Waals surface area contributed by atoms with Crippen molar-refractivity contribution >= 4 is 10.0 Å². The molecule has 6 nitrogen and oxygen atoms in total. The highest BCUT2D eigenvalue weighted by molar-refractivity contribution is 7.89.